The number of aromatic carboxylic acids is 2. The number of carboxylic acid groups (broad SMARTS) is 2. The Kier molecular flexibility index (Phi) is 4.37. The maximum Gasteiger partial charge on any atom is 0.335 e. The van der Waals surface area contributed by atoms with E-state index in [4.69, 9.17) is 10.2 Å². The lowest BCUT2D eigenvalue weighted by molar-refractivity contribution is 0.0696. The van der Waals surface area contributed by atoms with Crippen LogP contribution in [0.1, 0.15) is 26.3 Å². The zero-order chi connectivity index (χ0) is 17.2. The van der Waals surface area contributed by atoms with Crippen molar-refractivity contribution >= 4 is 27.6 Å². The summed E-state index contributed by atoms with van der Waals surface area (Å²) in [7, 11) is -3.96. The molecular weight excluding hydrogens is 322 g/mol. The molecule has 23 heavy (non-hydrogen) atoms. The van der Waals surface area contributed by atoms with Gasteiger partial charge in [0.05, 0.1) is 21.7 Å². The SMILES string of the molecule is Cc1cccc(S(=O)(=O)Nc2cc(C(=O)O)cc(C(=O)O)c2)c1. The highest BCUT2D eigenvalue weighted by Crippen LogP contribution is 2.20. The van der Waals surface area contributed by atoms with E-state index >= 15 is 0 Å². The Morgan fingerprint density at radius 1 is 0.957 bits per heavy atom. The van der Waals surface area contributed by atoms with Gasteiger partial charge in [0.2, 0.25) is 0 Å². The number of hydrogen-bond acceptors (Lipinski definition) is 4. The summed E-state index contributed by atoms with van der Waals surface area (Å²) in [6.07, 6.45) is 0. The van der Waals surface area contributed by atoms with Crippen LogP contribution in [0.3, 0.4) is 0 Å². The van der Waals surface area contributed by atoms with Gasteiger partial charge in [-0.05, 0) is 42.8 Å². The molecule has 0 aliphatic carbocycles. The van der Waals surface area contributed by atoms with E-state index < -0.39 is 22.0 Å². The second-order valence-electron chi connectivity index (χ2n) is 4.83. The highest BCUT2D eigenvalue weighted by Gasteiger charge is 2.17. The third kappa shape index (κ3) is 3.86. The average molecular weight is 335 g/mol. The molecule has 8 heteroatoms. The number of carboxylic acids is 2. The molecule has 0 aliphatic rings. The van der Waals surface area contributed by atoms with Gasteiger partial charge in [-0.3, -0.25) is 4.72 Å². The number of benzene rings is 2. The van der Waals surface area contributed by atoms with Gasteiger partial charge in [-0.25, -0.2) is 18.0 Å². The minimum Gasteiger partial charge on any atom is -0.478 e. The number of rotatable bonds is 5. The number of sulfonamides is 1. The lowest BCUT2D eigenvalue weighted by Crippen LogP contribution is -2.14. The predicted octanol–water partition coefficient (Wildman–Crippen LogP) is 2.19. The maximum atomic E-state index is 12.3. The van der Waals surface area contributed by atoms with Gasteiger partial charge in [0.1, 0.15) is 0 Å². The van der Waals surface area contributed by atoms with Gasteiger partial charge in [-0.2, -0.15) is 0 Å². The molecule has 3 N–H and O–H groups in total. The van der Waals surface area contributed by atoms with Gasteiger partial charge in [0.25, 0.3) is 10.0 Å². The van der Waals surface area contributed by atoms with Gasteiger partial charge in [0, 0.05) is 0 Å². The van der Waals surface area contributed by atoms with Crippen molar-refractivity contribution < 1.29 is 28.2 Å². The third-order valence-corrected chi connectivity index (χ3v) is 4.36. The molecule has 0 radical (unpaired) electrons. The molecule has 2 rings (SSSR count). The van der Waals surface area contributed by atoms with Crippen molar-refractivity contribution in [3.05, 3.63) is 59.2 Å². The Balaban J connectivity index is 2.46. The molecule has 7 nitrogen and oxygen atoms in total. The summed E-state index contributed by atoms with van der Waals surface area (Å²) in [6, 6.07) is 9.20. The summed E-state index contributed by atoms with van der Waals surface area (Å²) >= 11 is 0. The molecule has 0 heterocycles. The number of hydrogen-bond donors (Lipinski definition) is 3. The normalized spacial score (nSPS) is 11.0. The number of anilines is 1. The van der Waals surface area contributed by atoms with Crippen LogP contribution in [0.15, 0.2) is 47.4 Å². The molecule has 120 valence electrons. The van der Waals surface area contributed by atoms with E-state index in [9.17, 15) is 18.0 Å². The minimum absolute atomic E-state index is 0.00453. The van der Waals surface area contributed by atoms with Crippen molar-refractivity contribution in [3.8, 4) is 0 Å². The van der Waals surface area contributed by atoms with Crippen LogP contribution < -0.4 is 4.72 Å². The Labute approximate surface area is 132 Å². The van der Waals surface area contributed by atoms with E-state index in [0.717, 1.165) is 23.8 Å². The largest absolute Gasteiger partial charge is 0.478 e. The molecule has 0 atom stereocenters. The molecule has 0 spiro atoms. The monoisotopic (exact) mass is 335 g/mol. The van der Waals surface area contributed by atoms with Gasteiger partial charge in [0.15, 0.2) is 0 Å². The van der Waals surface area contributed by atoms with Crippen LogP contribution in [0, 0.1) is 6.92 Å². The lowest BCUT2D eigenvalue weighted by Gasteiger charge is -2.10. The van der Waals surface area contributed by atoms with Gasteiger partial charge in [-0.15, -0.1) is 0 Å². The molecule has 0 amide bonds. The first-order valence-electron chi connectivity index (χ1n) is 6.40. The molecule has 0 aliphatic heterocycles. The van der Waals surface area contributed by atoms with Crippen LogP contribution in [0.2, 0.25) is 0 Å². The summed E-state index contributed by atoms with van der Waals surface area (Å²) in [6.45, 7) is 1.73. The van der Waals surface area contributed by atoms with Gasteiger partial charge >= 0.3 is 11.9 Å². The van der Waals surface area contributed by atoms with Crippen LogP contribution in [0.5, 0.6) is 0 Å². The van der Waals surface area contributed by atoms with E-state index in [1.54, 1.807) is 19.1 Å². The molecule has 2 aromatic rings. The second-order valence-corrected chi connectivity index (χ2v) is 6.51. The summed E-state index contributed by atoms with van der Waals surface area (Å²) in [4.78, 5) is 22.1. The van der Waals surface area contributed by atoms with Crippen molar-refractivity contribution in [2.45, 2.75) is 11.8 Å². The highest BCUT2D eigenvalue weighted by molar-refractivity contribution is 7.92. The summed E-state index contributed by atoms with van der Waals surface area (Å²) < 4.78 is 26.8. The van der Waals surface area contributed by atoms with Crippen molar-refractivity contribution in [2.75, 3.05) is 4.72 Å². The smallest absolute Gasteiger partial charge is 0.335 e. The Bertz CT molecular complexity index is 856. The fourth-order valence-corrected chi connectivity index (χ4v) is 3.07. The third-order valence-electron chi connectivity index (χ3n) is 2.98. The Morgan fingerprint density at radius 3 is 2.00 bits per heavy atom. The molecule has 0 saturated carbocycles. The molecular formula is C15H13NO6S. The van der Waals surface area contributed by atoms with Crippen molar-refractivity contribution in [1.82, 2.24) is 0 Å². The predicted molar refractivity (Wildman–Crippen MR) is 82.3 cm³/mol. The van der Waals surface area contributed by atoms with Gasteiger partial charge < -0.3 is 10.2 Å². The summed E-state index contributed by atoms with van der Waals surface area (Å²) in [5.41, 5.74) is -0.0547. The number of aryl methyl sites for hydroxylation is 1. The molecule has 2 aromatic carbocycles. The van der Waals surface area contributed by atoms with Crippen molar-refractivity contribution in [2.24, 2.45) is 0 Å². The van der Waals surface area contributed by atoms with Crippen molar-refractivity contribution in [1.29, 1.82) is 0 Å². The fourth-order valence-electron chi connectivity index (χ4n) is 1.93. The standard InChI is InChI=1S/C15H13NO6S/c1-9-3-2-4-13(5-9)23(21,22)16-12-7-10(14(17)18)6-11(8-12)15(19)20/h2-8,16H,1H3,(H,17,18)(H,19,20). The van der Waals surface area contributed by atoms with E-state index in [2.05, 4.69) is 4.72 Å². The lowest BCUT2D eigenvalue weighted by atomic mass is 10.1. The summed E-state index contributed by atoms with van der Waals surface area (Å²) in [5, 5.41) is 18.0. The van der Waals surface area contributed by atoms with Crippen LogP contribution in [-0.2, 0) is 10.0 Å². The summed E-state index contributed by atoms with van der Waals surface area (Å²) in [5.74, 6) is -2.71. The molecule has 0 unspecified atom stereocenters. The Hall–Kier alpha value is -2.87. The van der Waals surface area contributed by atoms with Crippen LogP contribution >= 0.6 is 0 Å². The van der Waals surface area contributed by atoms with Crippen LogP contribution in [-0.4, -0.2) is 30.6 Å². The first kappa shape index (κ1) is 16.5. The molecule has 0 saturated heterocycles. The van der Waals surface area contributed by atoms with E-state index in [0.29, 0.717) is 0 Å². The average Bonchev–Trinajstić information content (AvgIpc) is 2.46. The van der Waals surface area contributed by atoms with E-state index in [1.807, 2.05) is 0 Å². The van der Waals surface area contributed by atoms with Crippen LogP contribution in [0.4, 0.5) is 5.69 Å². The van der Waals surface area contributed by atoms with Crippen molar-refractivity contribution in [3.63, 3.8) is 0 Å². The first-order chi connectivity index (χ1) is 10.7. The fraction of sp³-hybridized carbons (Fsp3) is 0.0667. The topological polar surface area (TPSA) is 121 Å². The number of nitrogens with one attached hydrogen (secondary N) is 1. The molecule has 0 aromatic heterocycles. The minimum atomic E-state index is -3.96. The maximum absolute atomic E-state index is 12.3. The first-order valence-corrected chi connectivity index (χ1v) is 7.88. The second kappa shape index (κ2) is 6.09. The van der Waals surface area contributed by atoms with E-state index in [1.165, 1.54) is 12.1 Å². The zero-order valence-electron chi connectivity index (χ0n) is 12.0. The molecule has 0 bridgehead atoms. The van der Waals surface area contributed by atoms with Crippen LogP contribution in [0.25, 0.3) is 0 Å². The number of carbonyl (C=O) groups is 2. The zero-order valence-corrected chi connectivity index (χ0v) is 12.8. The quantitative estimate of drug-likeness (QED) is 0.770. The highest BCUT2D eigenvalue weighted by atomic mass is 32.2. The van der Waals surface area contributed by atoms with E-state index in [-0.39, 0.29) is 21.7 Å². The Morgan fingerprint density at radius 2 is 1.52 bits per heavy atom. The van der Waals surface area contributed by atoms with Gasteiger partial charge in [-0.1, -0.05) is 12.1 Å². The molecule has 0 fully saturated rings.